The SMILES string of the molecule is CCS(=O)(=O)N1CCC(C(=O)NCc2ccccc2COC)(c2ccccc2)CC1. The highest BCUT2D eigenvalue weighted by Crippen LogP contribution is 2.37. The number of ether oxygens (including phenoxy) is 1. The fraction of sp³-hybridized carbons (Fsp3) is 0.435. The van der Waals surface area contributed by atoms with Gasteiger partial charge in [0.1, 0.15) is 0 Å². The van der Waals surface area contributed by atoms with Gasteiger partial charge in [0.15, 0.2) is 0 Å². The standard InChI is InChI=1S/C23H30N2O4S/c1-3-30(27,28)25-15-13-23(14-16-25,21-11-5-4-6-12-21)22(26)24-17-19-9-7-8-10-20(19)18-29-2/h4-12H,3,13-18H2,1-2H3,(H,24,26). The van der Waals surface area contributed by atoms with Gasteiger partial charge in [0.25, 0.3) is 0 Å². The molecule has 0 unspecified atom stereocenters. The Morgan fingerprint density at radius 2 is 1.63 bits per heavy atom. The number of carbonyl (C=O) groups excluding carboxylic acids is 1. The highest BCUT2D eigenvalue weighted by Gasteiger charge is 2.44. The lowest BCUT2D eigenvalue weighted by molar-refractivity contribution is -0.128. The van der Waals surface area contributed by atoms with Gasteiger partial charge in [-0.1, -0.05) is 54.6 Å². The molecule has 0 spiro atoms. The summed E-state index contributed by atoms with van der Waals surface area (Å²) in [5, 5.41) is 3.11. The minimum Gasteiger partial charge on any atom is -0.380 e. The molecule has 3 rings (SSSR count). The number of amides is 1. The summed E-state index contributed by atoms with van der Waals surface area (Å²) >= 11 is 0. The number of rotatable bonds is 8. The molecule has 0 bridgehead atoms. The second kappa shape index (κ2) is 9.73. The largest absolute Gasteiger partial charge is 0.380 e. The first-order valence-corrected chi connectivity index (χ1v) is 11.9. The number of piperidine rings is 1. The number of hydrogen-bond acceptors (Lipinski definition) is 4. The van der Waals surface area contributed by atoms with Crippen molar-refractivity contribution in [2.75, 3.05) is 26.0 Å². The number of hydrogen-bond donors (Lipinski definition) is 1. The van der Waals surface area contributed by atoms with Crippen LogP contribution in [0.15, 0.2) is 54.6 Å². The van der Waals surface area contributed by atoms with E-state index in [0.717, 1.165) is 16.7 Å². The van der Waals surface area contributed by atoms with E-state index in [9.17, 15) is 13.2 Å². The van der Waals surface area contributed by atoms with E-state index in [1.807, 2.05) is 54.6 Å². The summed E-state index contributed by atoms with van der Waals surface area (Å²) in [7, 11) is -1.61. The molecule has 0 aliphatic carbocycles. The Labute approximate surface area is 179 Å². The molecule has 1 heterocycles. The van der Waals surface area contributed by atoms with Crippen molar-refractivity contribution in [3.63, 3.8) is 0 Å². The van der Waals surface area contributed by atoms with Crippen molar-refractivity contribution in [2.45, 2.75) is 38.3 Å². The Bertz CT molecular complexity index is 952. The molecule has 30 heavy (non-hydrogen) atoms. The Morgan fingerprint density at radius 3 is 2.23 bits per heavy atom. The van der Waals surface area contributed by atoms with Gasteiger partial charge < -0.3 is 10.1 Å². The van der Waals surface area contributed by atoms with Crippen molar-refractivity contribution >= 4 is 15.9 Å². The van der Waals surface area contributed by atoms with E-state index in [-0.39, 0.29) is 11.7 Å². The number of carbonyl (C=O) groups is 1. The van der Waals surface area contributed by atoms with E-state index in [4.69, 9.17) is 4.74 Å². The van der Waals surface area contributed by atoms with E-state index in [0.29, 0.717) is 39.1 Å². The first kappa shape index (κ1) is 22.5. The minimum absolute atomic E-state index is 0.0607. The summed E-state index contributed by atoms with van der Waals surface area (Å²) in [6.07, 6.45) is 0.920. The summed E-state index contributed by atoms with van der Waals surface area (Å²) in [5.41, 5.74) is 2.25. The predicted octanol–water partition coefficient (Wildman–Crippen LogP) is 2.83. The summed E-state index contributed by atoms with van der Waals surface area (Å²) in [5.74, 6) is 0.0165. The molecule has 1 amide bonds. The lowest BCUT2D eigenvalue weighted by Gasteiger charge is -2.40. The lowest BCUT2D eigenvalue weighted by Crippen LogP contribution is -2.52. The van der Waals surface area contributed by atoms with E-state index < -0.39 is 15.4 Å². The Hall–Kier alpha value is -2.22. The van der Waals surface area contributed by atoms with Gasteiger partial charge in [-0.3, -0.25) is 4.79 Å². The van der Waals surface area contributed by atoms with Crippen LogP contribution in [0.4, 0.5) is 0 Å². The van der Waals surface area contributed by atoms with Crippen molar-refractivity contribution in [1.82, 2.24) is 9.62 Å². The number of nitrogens with one attached hydrogen (secondary N) is 1. The van der Waals surface area contributed by atoms with E-state index in [2.05, 4.69) is 5.32 Å². The average Bonchev–Trinajstić information content (AvgIpc) is 2.79. The molecule has 1 aliphatic rings. The molecule has 0 atom stereocenters. The zero-order chi connectivity index (χ0) is 21.6. The predicted molar refractivity (Wildman–Crippen MR) is 117 cm³/mol. The number of nitrogens with zero attached hydrogens (tertiary/aromatic N) is 1. The van der Waals surface area contributed by atoms with Crippen molar-refractivity contribution in [3.05, 3.63) is 71.3 Å². The molecule has 7 heteroatoms. The van der Waals surface area contributed by atoms with Gasteiger partial charge in [0.2, 0.25) is 15.9 Å². The summed E-state index contributed by atoms with van der Waals surface area (Å²) < 4.78 is 31.4. The molecule has 6 nitrogen and oxygen atoms in total. The van der Waals surface area contributed by atoms with Crippen molar-refractivity contribution in [1.29, 1.82) is 0 Å². The van der Waals surface area contributed by atoms with Crippen LogP contribution in [0, 0.1) is 0 Å². The Kier molecular flexibility index (Phi) is 7.28. The van der Waals surface area contributed by atoms with Crippen LogP contribution in [0.25, 0.3) is 0 Å². The average molecular weight is 431 g/mol. The molecule has 1 fully saturated rings. The van der Waals surface area contributed by atoms with Gasteiger partial charge in [0, 0.05) is 26.7 Å². The van der Waals surface area contributed by atoms with Crippen LogP contribution < -0.4 is 5.32 Å². The Balaban J connectivity index is 1.81. The molecule has 0 radical (unpaired) electrons. The van der Waals surface area contributed by atoms with Crippen molar-refractivity contribution in [3.8, 4) is 0 Å². The molecule has 0 saturated carbocycles. The van der Waals surface area contributed by atoms with Crippen molar-refractivity contribution in [2.24, 2.45) is 0 Å². The molecule has 2 aromatic carbocycles. The number of methoxy groups -OCH3 is 1. The first-order chi connectivity index (χ1) is 14.4. The Morgan fingerprint density at radius 1 is 1.03 bits per heavy atom. The van der Waals surface area contributed by atoms with Crippen LogP contribution >= 0.6 is 0 Å². The van der Waals surface area contributed by atoms with Crippen molar-refractivity contribution < 1.29 is 17.9 Å². The normalized spacial score (nSPS) is 16.9. The molecular formula is C23H30N2O4S. The zero-order valence-electron chi connectivity index (χ0n) is 17.6. The molecule has 1 aliphatic heterocycles. The maximum Gasteiger partial charge on any atom is 0.231 e. The molecule has 1 N–H and O–H groups in total. The van der Waals surface area contributed by atoms with Gasteiger partial charge >= 0.3 is 0 Å². The molecule has 0 aromatic heterocycles. The van der Waals surface area contributed by atoms with Crippen LogP contribution in [0.3, 0.4) is 0 Å². The zero-order valence-corrected chi connectivity index (χ0v) is 18.5. The van der Waals surface area contributed by atoms with Gasteiger partial charge in [-0.25, -0.2) is 12.7 Å². The van der Waals surface area contributed by atoms with Crippen LogP contribution in [0.2, 0.25) is 0 Å². The third kappa shape index (κ3) is 4.74. The molecule has 1 saturated heterocycles. The third-order valence-electron chi connectivity index (χ3n) is 5.95. The van der Waals surface area contributed by atoms with Crippen LogP contribution in [-0.4, -0.2) is 44.6 Å². The minimum atomic E-state index is -3.26. The molecule has 2 aromatic rings. The fourth-order valence-electron chi connectivity index (χ4n) is 4.10. The monoisotopic (exact) mass is 430 g/mol. The quantitative estimate of drug-likeness (QED) is 0.699. The van der Waals surface area contributed by atoms with Gasteiger partial charge in [-0.05, 0) is 36.5 Å². The van der Waals surface area contributed by atoms with Crippen LogP contribution in [-0.2, 0) is 38.1 Å². The van der Waals surface area contributed by atoms with Crippen LogP contribution in [0.5, 0.6) is 0 Å². The summed E-state index contributed by atoms with van der Waals surface area (Å²) in [6.45, 7) is 3.24. The second-order valence-corrected chi connectivity index (χ2v) is 9.89. The highest BCUT2D eigenvalue weighted by molar-refractivity contribution is 7.89. The maximum atomic E-state index is 13.5. The smallest absolute Gasteiger partial charge is 0.231 e. The van der Waals surface area contributed by atoms with E-state index >= 15 is 0 Å². The third-order valence-corrected chi connectivity index (χ3v) is 7.83. The van der Waals surface area contributed by atoms with Crippen LogP contribution in [0.1, 0.15) is 36.5 Å². The number of benzene rings is 2. The first-order valence-electron chi connectivity index (χ1n) is 10.3. The summed E-state index contributed by atoms with van der Waals surface area (Å²) in [6, 6.07) is 17.6. The lowest BCUT2D eigenvalue weighted by atomic mass is 9.72. The number of sulfonamides is 1. The highest BCUT2D eigenvalue weighted by atomic mass is 32.2. The van der Waals surface area contributed by atoms with Gasteiger partial charge in [-0.2, -0.15) is 0 Å². The topological polar surface area (TPSA) is 75.7 Å². The van der Waals surface area contributed by atoms with Gasteiger partial charge in [-0.15, -0.1) is 0 Å². The second-order valence-electron chi connectivity index (χ2n) is 7.63. The van der Waals surface area contributed by atoms with E-state index in [1.54, 1.807) is 14.0 Å². The molecular weight excluding hydrogens is 400 g/mol. The van der Waals surface area contributed by atoms with Gasteiger partial charge in [0.05, 0.1) is 17.8 Å². The fourth-order valence-corrected chi connectivity index (χ4v) is 5.21. The molecule has 162 valence electrons. The van der Waals surface area contributed by atoms with E-state index in [1.165, 1.54) is 4.31 Å². The maximum absolute atomic E-state index is 13.5. The summed E-state index contributed by atoms with van der Waals surface area (Å²) in [4.78, 5) is 13.5.